The van der Waals surface area contributed by atoms with E-state index in [0.29, 0.717) is 18.5 Å². The Balaban J connectivity index is 2.11. The first-order valence-electron chi connectivity index (χ1n) is 7.13. The van der Waals surface area contributed by atoms with Crippen molar-refractivity contribution in [1.82, 2.24) is 9.97 Å². The fraction of sp³-hybridized carbons (Fsp3) is 0.714. The molecule has 1 aliphatic carbocycles. The maximum Gasteiger partial charge on any atom is 0.228 e. The fourth-order valence-corrected chi connectivity index (χ4v) is 2.89. The number of ether oxygens (including phenoxy) is 1. The number of hydrogen-bond acceptors (Lipinski definition) is 4. The number of rotatable bonds is 7. The van der Waals surface area contributed by atoms with Crippen molar-refractivity contribution in [1.29, 1.82) is 0 Å². The highest BCUT2D eigenvalue weighted by molar-refractivity contribution is 9.09. The van der Waals surface area contributed by atoms with Gasteiger partial charge in [0.25, 0.3) is 0 Å². The van der Waals surface area contributed by atoms with Crippen LogP contribution in [0.25, 0.3) is 0 Å². The first-order valence-corrected chi connectivity index (χ1v) is 8.25. The van der Waals surface area contributed by atoms with Crippen LogP contribution in [0.2, 0.25) is 0 Å². The van der Waals surface area contributed by atoms with Gasteiger partial charge in [0.2, 0.25) is 11.8 Å². The summed E-state index contributed by atoms with van der Waals surface area (Å²) in [6.07, 6.45) is 7.91. The molecule has 0 atom stereocenters. The quantitative estimate of drug-likeness (QED) is 0.719. The molecule has 0 saturated heterocycles. The van der Waals surface area contributed by atoms with Gasteiger partial charge in [0.05, 0.1) is 6.61 Å². The second kappa shape index (κ2) is 7.68. The lowest BCUT2D eigenvalue weighted by molar-refractivity contribution is 0.304. The SMILES string of the molecule is CCCOc1ccnc(N(CCBr)C2CCCC2)n1. The van der Waals surface area contributed by atoms with Crippen LogP contribution in [0, 0.1) is 0 Å². The van der Waals surface area contributed by atoms with Crippen molar-refractivity contribution in [2.24, 2.45) is 0 Å². The van der Waals surface area contributed by atoms with E-state index in [2.05, 4.69) is 37.7 Å². The minimum absolute atomic E-state index is 0.582. The normalized spacial score (nSPS) is 15.7. The zero-order chi connectivity index (χ0) is 13.5. The van der Waals surface area contributed by atoms with Crippen molar-refractivity contribution in [3.05, 3.63) is 12.3 Å². The minimum atomic E-state index is 0.582. The van der Waals surface area contributed by atoms with E-state index in [-0.39, 0.29) is 0 Å². The van der Waals surface area contributed by atoms with Crippen LogP contribution in [-0.2, 0) is 0 Å². The van der Waals surface area contributed by atoms with Gasteiger partial charge >= 0.3 is 0 Å². The Hall–Kier alpha value is -0.840. The molecule has 0 unspecified atom stereocenters. The summed E-state index contributed by atoms with van der Waals surface area (Å²) in [7, 11) is 0. The van der Waals surface area contributed by atoms with E-state index in [1.807, 2.05) is 6.07 Å². The van der Waals surface area contributed by atoms with Crippen molar-refractivity contribution in [3.63, 3.8) is 0 Å². The van der Waals surface area contributed by atoms with Crippen LogP contribution in [0.1, 0.15) is 39.0 Å². The monoisotopic (exact) mass is 327 g/mol. The van der Waals surface area contributed by atoms with Gasteiger partial charge in [0.1, 0.15) is 0 Å². The Kier molecular flexibility index (Phi) is 5.89. The van der Waals surface area contributed by atoms with Crippen LogP contribution in [0.5, 0.6) is 5.88 Å². The molecule has 1 aliphatic rings. The predicted molar refractivity (Wildman–Crippen MR) is 81.2 cm³/mol. The maximum atomic E-state index is 5.60. The summed E-state index contributed by atoms with van der Waals surface area (Å²) in [5.41, 5.74) is 0. The van der Waals surface area contributed by atoms with E-state index in [9.17, 15) is 0 Å². The van der Waals surface area contributed by atoms with Crippen molar-refractivity contribution >= 4 is 21.9 Å². The Morgan fingerprint density at radius 2 is 2.21 bits per heavy atom. The van der Waals surface area contributed by atoms with Crippen molar-refractivity contribution in [3.8, 4) is 5.88 Å². The summed E-state index contributed by atoms with van der Waals surface area (Å²) < 4.78 is 5.60. The van der Waals surface area contributed by atoms with Gasteiger partial charge in [-0.25, -0.2) is 4.98 Å². The number of aromatic nitrogens is 2. The highest BCUT2D eigenvalue weighted by atomic mass is 79.9. The molecule has 1 aromatic heterocycles. The first-order chi connectivity index (χ1) is 9.35. The van der Waals surface area contributed by atoms with E-state index in [1.165, 1.54) is 25.7 Å². The van der Waals surface area contributed by atoms with E-state index in [1.54, 1.807) is 6.20 Å². The Bertz CT molecular complexity index is 383. The van der Waals surface area contributed by atoms with Crippen molar-refractivity contribution in [2.75, 3.05) is 23.4 Å². The lowest BCUT2D eigenvalue weighted by atomic mass is 10.2. The van der Waals surface area contributed by atoms with Crippen molar-refractivity contribution in [2.45, 2.75) is 45.1 Å². The first kappa shape index (κ1) is 14.6. The minimum Gasteiger partial charge on any atom is -0.478 e. The lowest BCUT2D eigenvalue weighted by Crippen LogP contribution is -2.36. The largest absolute Gasteiger partial charge is 0.478 e. The molecule has 0 radical (unpaired) electrons. The van der Waals surface area contributed by atoms with Crippen LogP contribution in [0.3, 0.4) is 0 Å². The number of halogens is 1. The summed E-state index contributed by atoms with van der Waals surface area (Å²) in [5.74, 6) is 1.49. The molecule has 0 N–H and O–H groups in total. The third-order valence-corrected chi connectivity index (χ3v) is 3.77. The number of anilines is 1. The molecule has 5 heteroatoms. The van der Waals surface area contributed by atoms with Gasteiger partial charge in [-0.1, -0.05) is 35.7 Å². The number of hydrogen-bond donors (Lipinski definition) is 0. The van der Waals surface area contributed by atoms with Gasteiger partial charge < -0.3 is 9.64 Å². The topological polar surface area (TPSA) is 38.2 Å². The molecule has 0 aromatic carbocycles. The van der Waals surface area contributed by atoms with Crippen LogP contribution in [0.4, 0.5) is 5.95 Å². The molecule has 0 spiro atoms. The van der Waals surface area contributed by atoms with Crippen LogP contribution in [0.15, 0.2) is 12.3 Å². The van der Waals surface area contributed by atoms with Gasteiger partial charge in [-0.2, -0.15) is 4.98 Å². The summed E-state index contributed by atoms with van der Waals surface area (Å²) in [4.78, 5) is 11.3. The third kappa shape index (κ3) is 4.06. The van der Waals surface area contributed by atoms with Crippen LogP contribution < -0.4 is 9.64 Å². The van der Waals surface area contributed by atoms with E-state index in [4.69, 9.17) is 4.74 Å². The van der Waals surface area contributed by atoms with Crippen LogP contribution in [-0.4, -0.2) is 34.5 Å². The lowest BCUT2D eigenvalue weighted by Gasteiger charge is -2.28. The molecule has 0 amide bonds. The molecule has 1 heterocycles. The van der Waals surface area contributed by atoms with Crippen LogP contribution >= 0.6 is 15.9 Å². The molecule has 1 aromatic rings. The second-order valence-electron chi connectivity index (χ2n) is 4.86. The molecule has 4 nitrogen and oxygen atoms in total. The summed E-state index contributed by atoms with van der Waals surface area (Å²) in [6.45, 7) is 3.75. The zero-order valence-electron chi connectivity index (χ0n) is 11.5. The molecular formula is C14H22BrN3O. The highest BCUT2D eigenvalue weighted by Crippen LogP contribution is 2.27. The van der Waals surface area contributed by atoms with E-state index < -0.39 is 0 Å². The van der Waals surface area contributed by atoms with Crippen molar-refractivity contribution < 1.29 is 4.74 Å². The van der Waals surface area contributed by atoms with E-state index in [0.717, 1.165) is 24.2 Å². The van der Waals surface area contributed by atoms with E-state index >= 15 is 0 Å². The smallest absolute Gasteiger partial charge is 0.228 e. The Morgan fingerprint density at radius 3 is 2.89 bits per heavy atom. The summed E-state index contributed by atoms with van der Waals surface area (Å²) in [6, 6.07) is 2.42. The van der Waals surface area contributed by atoms with Gasteiger partial charge in [0.15, 0.2) is 0 Å². The Labute approximate surface area is 123 Å². The molecule has 1 fully saturated rings. The van der Waals surface area contributed by atoms with Gasteiger partial charge in [-0.15, -0.1) is 0 Å². The second-order valence-corrected chi connectivity index (χ2v) is 5.66. The average Bonchev–Trinajstić information content (AvgIpc) is 2.96. The standard InChI is InChI=1S/C14H22BrN3O/c1-2-11-19-13-7-9-16-14(17-13)18(10-8-15)12-5-3-4-6-12/h7,9,12H,2-6,8,10-11H2,1H3. The Morgan fingerprint density at radius 1 is 1.42 bits per heavy atom. The summed E-state index contributed by atoms with van der Waals surface area (Å²) in [5, 5.41) is 0.937. The number of alkyl halides is 1. The summed E-state index contributed by atoms with van der Waals surface area (Å²) >= 11 is 3.53. The van der Waals surface area contributed by atoms with Gasteiger partial charge in [0, 0.05) is 30.2 Å². The van der Waals surface area contributed by atoms with Gasteiger partial charge in [-0.3, -0.25) is 0 Å². The van der Waals surface area contributed by atoms with Gasteiger partial charge in [-0.05, 0) is 19.3 Å². The zero-order valence-corrected chi connectivity index (χ0v) is 13.1. The number of nitrogens with zero attached hydrogens (tertiary/aromatic N) is 3. The highest BCUT2D eigenvalue weighted by Gasteiger charge is 2.24. The molecular weight excluding hydrogens is 306 g/mol. The maximum absolute atomic E-state index is 5.60. The molecule has 2 rings (SSSR count). The average molecular weight is 328 g/mol. The molecule has 106 valence electrons. The fourth-order valence-electron chi connectivity index (χ4n) is 2.51. The molecule has 19 heavy (non-hydrogen) atoms. The molecule has 0 bridgehead atoms. The molecule has 1 saturated carbocycles. The third-order valence-electron chi connectivity index (χ3n) is 3.42. The molecule has 0 aliphatic heterocycles. The predicted octanol–water partition coefficient (Wildman–Crippen LogP) is 3.41.